The van der Waals surface area contributed by atoms with Gasteiger partial charge in [-0.2, -0.15) is 0 Å². The van der Waals surface area contributed by atoms with E-state index in [1.807, 2.05) is 36.4 Å². The van der Waals surface area contributed by atoms with Crippen molar-refractivity contribution in [3.8, 4) is 0 Å². The first-order valence-electron chi connectivity index (χ1n) is 12.4. The SMILES string of the molecule is BrCCCCCCCCOCC1CC(OCc2ccccc2)CC(OCc2ccccc2)O1. The summed E-state index contributed by atoms with van der Waals surface area (Å²) in [5.41, 5.74) is 2.34. The zero-order valence-electron chi connectivity index (χ0n) is 19.7. The molecular formula is C28H39BrO4. The van der Waals surface area contributed by atoms with Crippen LogP contribution in [0.2, 0.25) is 0 Å². The van der Waals surface area contributed by atoms with Crippen LogP contribution in [0.15, 0.2) is 60.7 Å². The first-order chi connectivity index (χ1) is 16.3. The molecule has 33 heavy (non-hydrogen) atoms. The van der Waals surface area contributed by atoms with Crippen LogP contribution in [0.5, 0.6) is 0 Å². The Labute approximate surface area is 208 Å². The summed E-state index contributed by atoms with van der Waals surface area (Å²) in [4.78, 5) is 0. The maximum absolute atomic E-state index is 6.25. The zero-order chi connectivity index (χ0) is 23.0. The second-order valence-electron chi connectivity index (χ2n) is 8.76. The molecule has 3 unspecified atom stereocenters. The fraction of sp³-hybridized carbons (Fsp3) is 0.571. The quantitative estimate of drug-likeness (QED) is 0.176. The number of hydrogen-bond donors (Lipinski definition) is 0. The number of alkyl halides is 1. The van der Waals surface area contributed by atoms with Gasteiger partial charge in [0.05, 0.1) is 32.0 Å². The molecule has 0 aromatic heterocycles. The summed E-state index contributed by atoms with van der Waals surface area (Å²) in [6, 6.07) is 20.6. The third-order valence-corrected chi connectivity index (χ3v) is 6.47. The monoisotopic (exact) mass is 518 g/mol. The Morgan fingerprint density at radius 3 is 2.00 bits per heavy atom. The molecule has 1 heterocycles. The zero-order valence-corrected chi connectivity index (χ0v) is 21.3. The topological polar surface area (TPSA) is 36.9 Å². The van der Waals surface area contributed by atoms with Crippen LogP contribution >= 0.6 is 15.9 Å². The van der Waals surface area contributed by atoms with E-state index < -0.39 is 0 Å². The molecule has 0 spiro atoms. The van der Waals surface area contributed by atoms with Crippen LogP contribution in [0, 0.1) is 0 Å². The molecule has 0 saturated carbocycles. The van der Waals surface area contributed by atoms with E-state index in [0.29, 0.717) is 19.8 Å². The molecule has 2 aromatic rings. The first kappa shape index (κ1) is 26.4. The van der Waals surface area contributed by atoms with Crippen molar-refractivity contribution >= 4 is 15.9 Å². The van der Waals surface area contributed by atoms with Gasteiger partial charge in [-0.1, -0.05) is 102 Å². The predicted octanol–water partition coefficient (Wildman–Crippen LogP) is 7.05. The second kappa shape index (κ2) is 16.4. The van der Waals surface area contributed by atoms with Crippen molar-refractivity contribution in [1.29, 1.82) is 0 Å². The van der Waals surface area contributed by atoms with Crippen molar-refractivity contribution in [2.24, 2.45) is 0 Å². The van der Waals surface area contributed by atoms with Gasteiger partial charge in [-0.05, 0) is 24.0 Å². The van der Waals surface area contributed by atoms with Crippen molar-refractivity contribution in [1.82, 2.24) is 0 Å². The summed E-state index contributed by atoms with van der Waals surface area (Å²) < 4.78 is 24.6. The first-order valence-corrected chi connectivity index (χ1v) is 13.6. The van der Waals surface area contributed by atoms with Crippen LogP contribution in [-0.4, -0.2) is 37.0 Å². The van der Waals surface area contributed by atoms with Crippen LogP contribution < -0.4 is 0 Å². The molecule has 3 rings (SSSR count). The Kier molecular flexibility index (Phi) is 13.1. The number of unbranched alkanes of at least 4 members (excludes halogenated alkanes) is 5. The Morgan fingerprint density at radius 2 is 1.33 bits per heavy atom. The highest BCUT2D eigenvalue weighted by Crippen LogP contribution is 2.25. The van der Waals surface area contributed by atoms with E-state index in [4.69, 9.17) is 18.9 Å². The van der Waals surface area contributed by atoms with Crippen LogP contribution in [0.25, 0.3) is 0 Å². The lowest BCUT2D eigenvalue weighted by Gasteiger charge is -2.35. The van der Waals surface area contributed by atoms with E-state index in [-0.39, 0.29) is 18.5 Å². The Hall–Kier alpha value is -1.24. The summed E-state index contributed by atoms with van der Waals surface area (Å²) >= 11 is 3.49. The Morgan fingerprint density at radius 1 is 0.727 bits per heavy atom. The molecule has 1 saturated heterocycles. The van der Waals surface area contributed by atoms with Gasteiger partial charge >= 0.3 is 0 Å². The molecule has 182 valence electrons. The molecule has 1 aliphatic heterocycles. The van der Waals surface area contributed by atoms with E-state index in [1.54, 1.807) is 0 Å². The predicted molar refractivity (Wildman–Crippen MR) is 136 cm³/mol. The van der Waals surface area contributed by atoms with Gasteiger partial charge in [0.2, 0.25) is 0 Å². The summed E-state index contributed by atoms with van der Waals surface area (Å²) in [6.45, 7) is 2.54. The van der Waals surface area contributed by atoms with E-state index >= 15 is 0 Å². The van der Waals surface area contributed by atoms with Gasteiger partial charge < -0.3 is 18.9 Å². The second-order valence-corrected chi connectivity index (χ2v) is 9.55. The van der Waals surface area contributed by atoms with Crippen LogP contribution in [0.3, 0.4) is 0 Å². The van der Waals surface area contributed by atoms with E-state index in [1.165, 1.54) is 37.7 Å². The summed E-state index contributed by atoms with van der Waals surface area (Å²) in [6.07, 6.45) is 8.95. The molecule has 1 aliphatic rings. The highest BCUT2D eigenvalue weighted by molar-refractivity contribution is 9.09. The molecule has 1 fully saturated rings. The lowest BCUT2D eigenvalue weighted by Crippen LogP contribution is -2.40. The average Bonchev–Trinajstić information content (AvgIpc) is 2.86. The van der Waals surface area contributed by atoms with Gasteiger partial charge in [0.15, 0.2) is 6.29 Å². The van der Waals surface area contributed by atoms with Crippen molar-refractivity contribution in [3.05, 3.63) is 71.8 Å². The Balaban J connectivity index is 1.40. The van der Waals surface area contributed by atoms with Crippen molar-refractivity contribution < 1.29 is 18.9 Å². The molecule has 0 aliphatic carbocycles. The van der Waals surface area contributed by atoms with Crippen LogP contribution in [0.4, 0.5) is 0 Å². The number of rotatable bonds is 16. The van der Waals surface area contributed by atoms with Gasteiger partial charge in [0.25, 0.3) is 0 Å². The van der Waals surface area contributed by atoms with E-state index in [0.717, 1.165) is 36.8 Å². The van der Waals surface area contributed by atoms with Crippen molar-refractivity contribution in [2.45, 2.75) is 83.1 Å². The summed E-state index contributed by atoms with van der Waals surface area (Å²) in [5, 5.41) is 1.11. The lowest BCUT2D eigenvalue weighted by molar-refractivity contribution is -0.236. The number of halogens is 1. The highest BCUT2D eigenvalue weighted by atomic mass is 79.9. The van der Waals surface area contributed by atoms with Crippen LogP contribution in [0.1, 0.15) is 62.5 Å². The van der Waals surface area contributed by atoms with Crippen molar-refractivity contribution in [3.63, 3.8) is 0 Å². The molecule has 0 radical (unpaired) electrons. The smallest absolute Gasteiger partial charge is 0.160 e. The molecule has 2 aromatic carbocycles. The molecule has 0 bridgehead atoms. The van der Waals surface area contributed by atoms with Gasteiger partial charge in [-0.15, -0.1) is 0 Å². The van der Waals surface area contributed by atoms with Gasteiger partial charge in [0, 0.05) is 24.8 Å². The third-order valence-electron chi connectivity index (χ3n) is 5.91. The van der Waals surface area contributed by atoms with Crippen LogP contribution in [-0.2, 0) is 32.2 Å². The van der Waals surface area contributed by atoms with Gasteiger partial charge in [-0.3, -0.25) is 0 Å². The Bertz CT molecular complexity index is 676. The molecule has 3 atom stereocenters. The largest absolute Gasteiger partial charge is 0.379 e. The third kappa shape index (κ3) is 11.2. The summed E-state index contributed by atoms with van der Waals surface area (Å²) in [7, 11) is 0. The lowest BCUT2D eigenvalue weighted by atomic mass is 10.0. The normalized spacial score (nSPS) is 20.7. The standard InChI is InChI=1S/C28H39BrO4/c29-17-11-3-1-2-4-12-18-30-23-27-19-26(31-21-24-13-7-5-8-14-24)20-28(33-27)32-22-25-15-9-6-10-16-25/h5-10,13-16,26-28H,1-4,11-12,17-23H2. The number of benzene rings is 2. The van der Waals surface area contributed by atoms with Crippen molar-refractivity contribution in [2.75, 3.05) is 18.5 Å². The fourth-order valence-electron chi connectivity index (χ4n) is 4.05. The summed E-state index contributed by atoms with van der Waals surface area (Å²) in [5.74, 6) is 0. The van der Waals surface area contributed by atoms with E-state index in [2.05, 4.69) is 40.2 Å². The maximum Gasteiger partial charge on any atom is 0.160 e. The minimum absolute atomic E-state index is 0.000717. The molecule has 5 heteroatoms. The minimum Gasteiger partial charge on any atom is -0.379 e. The molecule has 0 amide bonds. The number of hydrogen-bond acceptors (Lipinski definition) is 4. The minimum atomic E-state index is -0.275. The fourth-order valence-corrected chi connectivity index (χ4v) is 4.45. The van der Waals surface area contributed by atoms with Gasteiger partial charge in [-0.25, -0.2) is 0 Å². The molecule has 0 N–H and O–H groups in total. The molecular weight excluding hydrogens is 480 g/mol. The average molecular weight is 520 g/mol. The van der Waals surface area contributed by atoms with E-state index in [9.17, 15) is 0 Å². The van der Waals surface area contributed by atoms with Gasteiger partial charge in [0.1, 0.15) is 0 Å². The number of ether oxygens (including phenoxy) is 4. The highest BCUT2D eigenvalue weighted by Gasteiger charge is 2.31. The molecule has 4 nitrogen and oxygen atoms in total. The maximum atomic E-state index is 6.25.